The van der Waals surface area contributed by atoms with Crippen LogP contribution in [0.5, 0.6) is 5.75 Å². The zero-order valence-corrected chi connectivity index (χ0v) is 24.4. The smallest absolute Gasteiger partial charge is 0.333 e. The molecule has 12 heteroatoms. The fourth-order valence-corrected chi connectivity index (χ4v) is 6.00. The molecule has 0 aliphatic carbocycles. The molecule has 4 heterocycles. The standard InChI is InChI=1S/C23H23N3O6S.C6H12O2/c1-13-16-19(27)26(23(2,3)21(28)29)22(30)25(11-9-14-7-5-6-8-15(14)31-4)20(16)33-17(13)18-24-10-12-32-18;7-5-6-1-3-8-4-2-6/h5-8,10,12H,9,11H2,1-4H3,(H,28,29);6-7H,1-5H2. The van der Waals surface area contributed by atoms with Gasteiger partial charge in [0.1, 0.15) is 22.4 Å². The van der Waals surface area contributed by atoms with Gasteiger partial charge in [0, 0.05) is 26.4 Å². The quantitative estimate of drug-likeness (QED) is 0.316. The highest BCUT2D eigenvalue weighted by molar-refractivity contribution is 7.22. The zero-order valence-electron chi connectivity index (χ0n) is 23.6. The number of aromatic nitrogens is 3. The predicted molar refractivity (Wildman–Crippen MR) is 155 cm³/mol. The third-order valence-electron chi connectivity index (χ3n) is 7.32. The van der Waals surface area contributed by atoms with E-state index in [4.69, 9.17) is 19.0 Å². The lowest BCUT2D eigenvalue weighted by Crippen LogP contribution is -2.52. The van der Waals surface area contributed by atoms with E-state index in [1.54, 1.807) is 14.0 Å². The monoisotopic (exact) mass is 585 g/mol. The number of carbonyl (C=O) groups is 1. The number of hydrogen-bond donors (Lipinski definition) is 2. The van der Waals surface area contributed by atoms with Crippen molar-refractivity contribution in [2.45, 2.75) is 52.1 Å². The Morgan fingerprint density at radius 1 is 1.22 bits per heavy atom. The van der Waals surface area contributed by atoms with Crippen LogP contribution < -0.4 is 16.0 Å². The molecule has 4 aromatic rings. The second kappa shape index (κ2) is 12.8. The van der Waals surface area contributed by atoms with Crippen LogP contribution in [-0.2, 0) is 28.0 Å². The topological polar surface area (TPSA) is 146 Å². The number of ether oxygens (including phenoxy) is 2. The zero-order chi connectivity index (χ0) is 29.7. The fourth-order valence-electron chi connectivity index (χ4n) is 4.74. The maximum Gasteiger partial charge on any atom is 0.333 e. The summed E-state index contributed by atoms with van der Waals surface area (Å²) in [7, 11) is 1.57. The molecule has 2 N–H and O–H groups in total. The summed E-state index contributed by atoms with van der Waals surface area (Å²) in [4.78, 5) is 44.2. The number of rotatable bonds is 8. The third kappa shape index (κ3) is 6.14. The van der Waals surface area contributed by atoms with Crippen molar-refractivity contribution in [3.63, 3.8) is 0 Å². The van der Waals surface area contributed by atoms with Gasteiger partial charge in [-0.2, -0.15) is 0 Å². The molecular weight excluding hydrogens is 550 g/mol. The molecule has 1 saturated heterocycles. The lowest BCUT2D eigenvalue weighted by Gasteiger charge is -2.23. The molecule has 1 fully saturated rings. The summed E-state index contributed by atoms with van der Waals surface area (Å²) in [5.74, 6) is 0.256. The minimum atomic E-state index is -1.74. The van der Waals surface area contributed by atoms with Crippen LogP contribution in [0.4, 0.5) is 0 Å². The van der Waals surface area contributed by atoms with Crippen LogP contribution in [0.25, 0.3) is 21.0 Å². The van der Waals surface area contributed by atoms with Gasteiger partial charge in [-0.3, -0.25) is 9.36 Å². The first-order valence-corrected chi connectivity index (χ1v) is 14.2. The summed E-state index contributed by atoms with van der Waals surface area (Å²) in [6.45, 7) is 6.65. The lowest BCUT2D eigenvalue weighted by molar-refractivity contribution is -0.146. The Bertz CT molecular complexity index is 1610. The normalized spacial score (nSPS) is 14.1. The van der Waals surface area contributed by atoms with Crippen LogP contribution in [0.2, 0.25) is 0 Å². The Labute approximate surface area is 240 Å². The average molecular weight is 586 g/mol. The van der Waals surface area contributed by atoms with E-state index < -0.39 is 22.8 Å². The second-order valence-electron chi connectivity index (χ2n) is 10.3. The third-order valence-corrected chi connectivity index (χ3v) is 8.62. The van der Waals surface area contributed by atoms with Crippen molar-refractivity contribution >= 4 is 27.5 Å². The molecule has 220 valence electrons. The van der Waals surface area contributed by atoms with Crippen molar-refractivity contribution in [2.75, 3.05) is 26.9 Å². The van der Waals surface area contributed by atoms with E-state index in [0.29, 0.717) is 45.9 Å². The molecule has 0 radical (unpaired) electrons. The minimum Gasteiger partial charge on any atom is -0.496 e. The van der Waals surface area contributed by atoms with Gasteiger partial charge in [0.05, 0.1) is 23.6 Å². The van der Waals surface area contributed by atoms with Crippen molar-refractivity contribution < 1.29 is 28.9 Å². The van der Waals surface area contributed by atoms with Gasteiger partial charge >= 0.3 is 11.7 Å². The van der Waals surface area contributed by atoms with Crippen LogP contribution in [0, 0.1) is 12.8 Å². The minimum absolute atomic E-state index is 0.219. The highest BCUT2D eigenvalue weighted by atomic mass is 32.1. The molecule has 11 nitrogen and oxygen atoms in total. The molecule has 41 heavy (non-hydrogen) atoms. The summed E-state index contributed by atoms with van der Waals surface area (Å²) in [5.41, 5.74) is -1.61. The Balaban J connectivity index is 0.000000417. The summed E-state index contributed by atoms with van der Waals surface area (Å²) in [5, 5.41) is 18.7. The average Bonchev–Trinajstić information content (AvgIpc) is 3.62. The van der Waals surface area contributed by atoms with E-state index in [1.807, 2.05) is 24.3 Å². The first-order valence-electron chi connectivity index (χ1n) is 13.3. The summed E-state index contributed by atoms with van der Waals surface area (Å²) >= 11 is 1.22. The number of oxazole rings is 1. The van der Waals surface area contributed by atoms with Crippen LogP contribution in [0.1, 0.15) is 37.8 Å². The molecule has 0 bridgehead atoms. The number of aryl methyl sites for hydroxylation is 3. The van der Waals surface area contributed by atoms with E-state index in [2.05, 4.69) is 4.98 Å². The number of methoxy groups -OCH3 is 1. The molecule has 0 saturated carbocycles. The maximum absolute atomic E-state index is 13.5. The molecule has 0 atom stereocenters. The Kier molecular flexibility index (Phi) is 9.46. The summed E-state index contributed by atoms with van der Waals surface area (Å²) in [6, 6.07) is 7.46. The molecule has 1 aliphatic rings. The molecule has 1 aliphatic heterocycles. The molecule has 0 amide bonds. The van der Waals surface area contributed by atoms with Crippen LogP contribution in [0.3, 0.4) is 0 Å². The number of nitrogens with zero attached hydrogens (tertiary/aromatic N) is 3. The maximum atomic E-state index is 13.5. The van der Waals surface area contributed by atoms with Crippen LogP contribution >= 0.6 is 11.3 Å². The van der Waals surface area contributed by atoms with Gasteiger partial charge in [0.25, 0.3) is 5.56 Å². The van der Waals surface area contributed by atoms with E-state index in [1.165, 1.54) is 42.2 Å². The highest BCUT2D eigenvalue weighted by Crippen LogP contribution is 2.36. The first-order chi connectivity index (χ1) is 19.6. The Morgan fingerprint density at radius 2 is 1.93 bits per heavy atom. The summed E-state index contributed by atoms with van der Waals surface area (Å²) in [6.07, 6.45) is 5.45. The number of benzene rings is 1. The van der Waals surface area contributed by atoms with Crippen LogP contribution in [0.15, 0.2) is 50.7 Å². The van der Waals surface area contributed by atoms with Crippen molar-refractivity contribution in [3.8, 4) is 16.5 Å². The van der Waals surface area contributed by atoms with Crippen molar-refractivity contribution in [1.29, 1.82) is 0 Å². The largest absolute Gasteiger partial charge is 0.496 e. The van der Waals surface area contributed by atoms with Gasteiger partial charge in [0.15, 0.2) is 0 Å². The molecule has 0 spiro atoms. The fraction of sp³-hybridized carbons (Fsp3) is 0.448. The van der Waals surface area contributed by atoms with E-state index >= 15 is 0 Å². The van der Waals surface area contributed by atoms with Gasteiger partial charge in [-0.25, -0.2) is 19.1 Å². The molecule has 3 aromatic heterocycles. The first kappa shape index (κ1) is 30.2. The number of carboxylic acid groups (broad SMARTS) is 1. The molecule has 0 unspecified atom stereocenters. The Morgan fingerprint density at radius 3 is 2.51 bits per heavy atom. The van der Waals surface area contributed by atoms with Crippen molar-refractivity contribution in [2.24, 2.45) is 5.92 Å². The van der Waals surface area contributed by atoms with E-state index in [-0.39, 0.29) is 11.9 Å². The number of hydrogen-bond acceptors (Lipinski definition) is 9. The molecular formula is C29H35N3O8S. The number of aliphatic carboxylic acids is 1. The summed E-state index contributed by atoms with van der Waals surface area (Å²) < 4.78 is 18.2. The lowest BCUT2D eigenvalue weighted by atomic mass is 10.0. The van der Waals surface area contributed by atoms with Gasteiger partial charge in [0.2, 0.25) is 5.89 Å². The number of thiophene rings is 1. The Hall–Kier alpha value is -3.74. The van der Waals surface area contributed by atoms with Crippen molar-refractivity contribution in [1.82, 2.24) is 14.1 Å². The SMILES string of the molecule is COc1ccccc1CCn1c(=O)n(C(C)(C)C(=O)O)c(=O)c2c(C)c(-c3ncco3)sc21.OCC1CCOCC1. The number of fused-ring (bicyclic) bond motifs is 1. The van der Waals surface area contributed by atoms with Gasteiger partial charge in [-0.15, -0.1) is 11.3 Å². The van der Waals surface area contributed by atoms with Crippen LogP contribution in [-0.4, -0.2) is 57.2 Å². The van der Waals surface area contributed by atoms with E-state index in [9.17, 15) is 19.5 Å². The van der Waals surface area contributed by atoms with Gasteiger partial charge in [-0.1, -0.05) is 18.2 Å². The second-order valence-corrected chi connectivity index (χ2v) is 11.3. The van der Waals surface area contributed by atoms with Gasteiger partial charge in [-0.05, 0) is 63.1 Å². The molecule has 5 rings (SSSR count). The number of para-hydroxylation sites is 1. The number of aliphatic hydroxyl groups excluding tert-OH is 1. The molecule has 1 aromatic carbocycles. The predicted octanol–water partition coefficient (Wildman–Crippen LogP) is 3.66. The number of carboxylic acids is 1. The van der Waals surface area contributed by atoms with E-state index in [0.717, 1.165) is 36.2 Å². The number of aliphatic hydroxyl groups is 1. The highest BCUT2D eigenvalue weighted by Gasteiger charge is 2.35. The van der Waals surface area contributed by atoms with Gasteiger partial charge < -0.3 is 24.1 Å². The van der Waals surface area contributed by atoms with Crippen molar-refractivity contribution in [3.05, 3.63) is 68.7 Å².